The average molecular weight is 306 g/mol. The number of hydrogen-bond donors (Lipinski definition) is 0. The molecular weight excluding hydrogens is 280 g/mol. The maximum atomic E-state index is 12.1. The number of ether oxygens (including phenoxy) is 1. The summed E-state index contributed by atoms with van der Waals surface area (Å²) in [7, 11) is 3.85. The van der Waals surface area contributed by atoms with E-state index in [0.29, 0.717) is 24.8 Å². The van der Waals surface area contributed by atoms with Crippen LogP contribution in [0, 0.1) is 5.92 Å². The molecule has 0 aromatic carbocycles. The highest BCUT2D eigenvalue weighted by Gasteiger charge is 2.27. The molecule has 1 aromatic rings. The zero-order valence-electron chi connectivity index (χ0n) is 14.0. The first-order chi connectivity index (χ1) is 10.5. The maximum Gasteiger partial charge on any atom is 0.222 e. The van der Waals surface area contributed by atoms with E-state index in [1.54, 1.807) is 0 Å². The first kappa shape index (κ1) is 16.5. The SMILES string of the molecule is CC(C)CCC(=O)N1CCC(Oc2cc(N(C)C)ncn2)C1. The molecule has 1 aliphatic heterocycles. The summed E-state index contributed by atoms with van der Waals surface area (Å²) in [5.41, 5.74) is 0. The van der Waals surface area contributed by atoms with Crippen LogP contribution in [0.2, 0.25) is 0 Å². The zero-order chi connectivity index (χ0) is 16.1. The molecule has 0 spiro atoms. The Kier molecular flexibility index (Phi) is 5.57. The van der Waals surface area contributed by atoms with Crippen LogP contribution in [0.1, 0.15) is 33.1 Å². The third-order valence-corrected chi connectivity index (χ3v) is 3.81. The van der Waals surface area contributed by atoms with Crippen molar-refractivity contribution < 1.29 is 9.53 Å². The lowest BCUT2D eigenvalue weighted by Gasteiger charge is -2.18. The Bertz CT molecular complexity index is 505. The van der Waals surface area contributed by atoms with Gasteiger partial charge in [-0.2, -0.15) is 0 Å². The second-order valence-electron chi connectivity index (χ2n) is 6.41. The molecule has 6 heteroatoms. The first-order valence-corrected chi connectivity index (χ1v) is 7.89. The predicted octanol–water partition coefficient (Wildman–Crippen LogP) is 1.96. The summed E-state index contributed by atoms with van der Waals surface area (Å²) < 4.78 is 5.90. The molecule has 22 heavy (non-hydrogen) atoms. The van der Waals surface area contributed by atoms with Gasteiger partial charge in [-0.15, -0.1) is 0 Å². The average Bonchev–Trinajstić information content (AvgIpc) is 2.93. The maximum absolute atomic E-state index is 12.1. The van der Waals surface area contributed by atoms with Crippen LogP contribution >= 0.6 is 0 Å². The molecule has 1 aliphatic rings. The van der Waals surface area contributed by atoms with Crippen LogP contribution in [0.4, 0.5) is 5.82 Å². The quantitative estimate of drug-likeness (QED) is 0.804. The Morgan fingerprint density at radius 1 is 1.45 bits per heavy atom. The molecule has 1 saturated heterocycles. The highest BCUT2D eigenvalue weighted by atomic mass is 16.5. The van der Waals surface area contributed by atoms with Crippen LogP contribution in [-0.4, -0.2) is 54.1 Å². The highest BCUT2D eigenvalue weighted by Crippen LogP contribution is 2.20. The van der Waals surface area contributed by atoms with E-state index in [4.69, 9.17) is 4.74 Å². The van der Waals surface area contributed by atoms with Gasteiger partial charge in [0.25, 0.3) is 0 Å². The molecule has 1 atom stereocenters. The molecule has 0 radical (unpaired) electrons. The van der Waals surface area contributed by atoms with E-state index in [9.17, 15) is 4.79 Å². The Morgan fingerprint density at radius 2 is 2.23 bits per heavy atom. The van der Waals surface area contributed by atoms with Crippen LogP contribution in [-0.2, 0) is 4.79 Å². The second-order valence-corrected chi connectivity index (χ2v) is 6.41. The number of hydrogen-bond acceptors (Lipinski definition) is 5. The minimum atomic E-state index is 0.0212. The van der Waals surface area contributed by atoms with Gasteiger partial charge in [-0.1, -0.05) is 13.8 Å². The molecule has 6 nitrogen and oxygen atoms in total. The van der Waals surface area contributed by atoms with Crippen molar-refractivity contribution in [3.63, 3.8) is 0 Å². The van der Waals surface area contributed by atoms with Crippen LogP contribution < -0.4 is 9.64 Å². The molecule has 1 amide bonds. The minimum absolute atomic E-state index is 0.0212. The van der Waals surface area contributed by atoms with E-state index >= 15 is 0 Å². The summed E-state index contributed by atoms with van der Waals surface area (Å²) >= 11 is 0. The molecule has 0 aliphatic carbocycles. The van der Waals surface area contributed by atoms with Crippen LogP contribution in [0.3, 0.4) is 0 Å². The number of amides is 1. The fourth-order valence-corrected chi connectivity index (χ4v) is 2.43. The number of aromatic nitrogens is 2. The van der Waals surface area contributed by atoms with Crippen molar-refractivity contribution >= 4 is 11.7 Å². The number of carbonyl (C=O) groups excluding carboxylic acids is 1. The van der Waals surface area contributed by atoms with Gasteiger partial charge in [0, 0.05) is 39.5 Å². The topological polar surface area (TPSA) is 58.6 Å². The number of anilines is 1. The Hall–Kier alpha value is -1.85. The lowest BCUT2D eigenvalue weighted by molar-refractivity contribution is -0.130. The van der Waals surface area contributed by atoms with Gasteiger partial charge in [0.1, 0.15) is 18.2 Å². The van der Waals surface area contributed by atoms with E-state index < -0.39 is 0 Å². The van der Waals surface area contributed by atoms with Crippen LogP contribution in [0.15, 0.2) is 12.4 Å². The molecule has 0 saturated carbocycles. The number of rotatable bonds is 6. The van der Waals surface area contributed by atoms with Crippen molar-refractivity contribution in [2.24, 2.45) is 5.92 Å². The Morgan fingerprint density at radius 3 is 2.91 bits per heavy atom. The van der Waals surface area contributed by atoms with Gasteiger partial charge >= 0.3 is 0 Å². The van der Waals surface area contributed by atoms with Crippen molar-refractivity contribution in [3.8, 4) is 5.88 Å². The fraction of sp³-hybridized carbons (Fsp3) is 0.688. The van der Waals surface area contributed by atoms with E-state index in [1.165, 1.54) is 6.33 Å². The van der Waals surface area contributed by atoms with E-state index in [1.807, 2.05) is 30.0 Å². The summed E-state index contributed by atoms with van der Waals surface area (Å²) in [5, 5.41) is 0. The number of likely N-dealkylation sites (tertiary alicyclic amines) is 1. The van der Waals surface area contributed by atoms with Crippen molar-refractivity contribution in [1.29, 1.82) is 0 Å². The summed E-state index contributed by atoms with van der Waals surface area (Å²) in [4.78, 5) is 24.3. The zero-order valence-corrected chi connectivity index (χ0v) is 14.0. The molecule has 0 N–H and O–H groups in total. The monoisotopic (exact) mass is 306 g/mol. The molecule has 1 fully saturated rings. The van der Waals surface area contributed by atoms with Gasteiger partial charge in [-0.3, -0.25) is 4.79 Å². The standard InChI is InChI=1S/C16H26N4O2/c1-12(2)5-6-16(21)20-8-7-13(10-20)22-15-9-14(19(3)4)17-11-18-15/h9,11-13H,5-8,10H2,1-4H3. The number of nitrogens with zero attached hydrogens (tertiary/aromatic N) is 4. The van der Waals surface area contributed by atoms with Crippen molar-refractivity contribution in [1.82, 2.24) is 14.9 Å². The highest BCUT2D eigenvalue weighted by molar-refractivity contribution is 5.76. The third kappa shape index (κ3) is 4.58. The normalized spacial score (nSPS) is 17.9. The van der Waals surface area contributed by atoms with Gasteiger partial charge in [0.15, 0.2) is 0 Å². The van der Waals surface area contributed by atoms with Gasteiger partial charge in [0.05, 0.1) is 6.54 Å². The van der Waals surface area contributed by atoms with E-state index in [2.05, 4.69) is 23.8 Å². The Labute approximate surface area is 132 Å². The Balaban J connectivity index is 1.86. The summed E-state index contributed by atoms with van der Waals surface area (Å²) in [6.07, 6.45) is 3.95. The molecule has 0 bridgehead atoms. The summed E-state index contributed by atoms with van der Waals surface area (Å²) in [6, 6.07) is 1.82. The predicted molar refractivity (Wildman–Crippen MR) is 86.0 cm³/mol. The van der Waals surface area contributed by atoms with Gasteiger partial charge in [-0.25, -0.2) is 9.97 Å². The molecular formula is C16H26N4O2. The third-order valence-electron chi connectivity index (χ3n) is 3.81. The van der Waals surface area contributed by atoms with E-state index in [-0.39, 0.29) is 12.0 Å². The van der Waals surface area contributed by atoms with Crippen LogP contribution in [0.5, 0.6) is 5.88 Å². The molecule has 2 rings (SSSR count). The largest absolute Gasteiger partial charge is 0.472 e. The molecule has 122 valence electrons. The smallest absolute Gasteiger partial charge is 0.222 e. The van der Waals surface area contributed by atoms with Gasteiger partial charge in [-0.05, 0) is 12.3 Å². The summed E-state index contributed by atoms with van der Waals surface area (Å²) in [5.74, 6) is 2.17. The minimum Gasteiger partial charge on any atom is -0.472 e. The second kappa shape index (κ2) is 7.42. The van der Waals surface area contributed by atoms with E-state index in [0.717, 1.165) is 25.2 Å². The van der Waals surface area contributed by atoms with Gasteiger partial charge in [0.2, 0.25) is 11.8 Å². The van der Waals surface area contributed by atoms with Crippen molar-refractivity contribution in [2.75, 3.05) is 32.1 Å². The summed E-state index contributed by atoms with van der Waals surface area (Å²) in [6.45, 7) is 5.70. The number of carbonyl (C=O) groups is 1. The van der Waals surface area contributed by atoms with Crippen LogP contribution in [0.25, 0.3) is 0 Å². The first-order valence-electron chi connectivity index (χ1n) is 7.89. The molecule has 1 aromatic heterocycles. The molecule has 2 heterocycles. The fourth-order valence-electron chi connectivity index (χ4n) is 2.43. The van der Waals surface area contributed by atoms with Crippen molar-refractivity contribution in [3.05, 3.63) is 12.4 Å². The van der Waals surface area contributed by atoms with Crippen molar-refractivity contribution in [2.45, 2.75) is 39.2 Å². The molecule has 1 unspecified atom stereocenters. The lowest BCUT2D eigenvalue weighted by atomic mass is 10.1. The van der Waals surface area contributed by atoms with Gasteiger partial charge < -0.3 is 14.5 Å². The lowest BCUT2D eigenvalue weighted by Crippen LogP contribution is -2.31.